The molecule has 0 saturated heterocycles. The fraction of sp³-hybridized carbons (Fsp3) is 0.294. The SMILES string of the molecule is Cc1cc2c(NC3CC3)nc(Cc3ccccc3)nc2s1. The lowest BCUT2D eigenvalue weighted by atomic mass is 10.1. The first-order chi connectivity index (χ1) is 10.3. The van der Waals surface area contributed by atoms with Crippen molar-refractivity contribution in [2.75, 3.05) is 5.32 Å². The molecule has 1 fully saturated rings. The van der Waals surface area contributed by atoms with Crippen molar-refractivity contribution in [2.24, 2.45) is 0 Å². The molecule has 0 spiro atoms. The van der Waals surface area contributed by atoms with Gasteiger partial charge in [-0.25, -0.2) is 9.97 Å². The van der Waals surface area contributed by atoms with Gasteiger partial charge in [-0.2, -0.15) is 0 Å². The molecule has 0 bridgehead atoms. The number of anilines is 1. The summed E-state index contributed by atoms with van der Waals surface area (Å²) in [5, 5.41) is 4.72. The molecule has 106 valence electrons. The maximum absolute atomic E-state index is 4.77. The van der Waals surface area contributed by atoms with E-state index in [2.05, 4.69) is 42.6 Å². The van der Waals surface area contributed by atoms with E-state index in [0.717, 1.165) is 22.9 Å². The van der Waals surface area contributed by atoms with E-state index in [0.29, 0.717) is 6.04 Å². The zero-order valence-electron chi connectivity index (χ0n) is 12.0. The Labute approximate surface area is 128 Å². The summed E-state index contributed by atoms with van der Waals surface area (Å²) in [6.45, 7) is 2.13. The minimum Gasteiger partial charge on any atom is -0.367 e. The maximum Gasteiger partial charge on any atom is 0.138 e. The molecule has 21 heavy (non-hydrogen) atoms. The van der Waals surface area contributed by atoms with Gasteiger partial charge in [0.2, 0.25) is 0 Å². The number of benzene rings is 1. The van der Waals surface area contributed by atoms with Crippen molar-refractivity contribution >= 4 is 27.4 Å². The van der Waals surface area contributed by atoms with E-state index in [4.69, 9.17) is 9.97 Å². The quantitative estimate of drug-likeness (QED) is 0.785. The zero-order valence-corrected chi connectivity index (χ0v) is 12.8. The van der Waals surface area contributed by atoms with E-state index in [1.807, 2.05) is 6.07 Å². The molecule has 1 aliphatic rings. The molecule has 3 aromatic rings. The summed E-state index contributed by atoms with van der Waals surface area (Å²) in [4.78, 5) is 11.9. The second-order valence-corrected chi connectivity index (χ2v) is 6.88. The first-order valence-corrected chi connectivity index (χ1v) is 8.17. The second kappa shape index (κ2) is 5.11. The number of nitrogens with one attached hydrogen (secondary N) is 1. The highest BCUT2D eigenvalue weighted by Gasteiger charge is 2.23. The first kappa shape index (κ1) is 12.8. The van der Waals surface area contributed by atoms with Crippen LogP contribution in [0, 0.1) is 6.92 Å². The van der Waals surface area contributed by atoms with Crippen LogP contribution in [0.4, 0.5) is 5.82 Å². The Morgan fingerprint density at radius 2 is 2.00 bits per heavy atom. The zero-order chi connectivity index (χ0) is 14.2. The van der Waals surface area contributed by atoms with E-state index >= 15 is 0 Å². The molecule has 0 unspecified atom stereocenters. The van der Waals surface area contributed by atoms with E-state index in [1.165, 1.54) is 28.7 Å². The molecule has 0 atom stereocenters. The van der Waals surface area contributed by atoms with E-state index in [1.54, 1.807) is 11.3 Å². The summed E-state index contributed by atoms with van der Waals surface area (Å²) in [6, 6.07) is 13.2. The smallest absolute Gasteiger partial charge is 0.138 e. The molecule has 2 aromatic heterocycles. The van der Waals surface area contributed by atoms with Crippen LogP contribution in [0.25, 0.3) is 10.2 Å². The van der Waals surface area contributed by atoms with Gasteiger partial charge in [0.25, 0.3) is 0 Å². The summed E-state index contributed by atoms with van der Waals surface area (Å²) in [5.74, 6) is 1.91. The largest absolute Gasteiger partial charge is 0.367 e. The van der Waals surface area contributed by atoms with Gasteiger partial charge >= 0.3 is 0 Å². The average Bonchev–Trinajstić information content (AvgIpc) is 3.20. The van der Waals surface area contributed by atoms with Crippen LogP contribution in [0.15, 0.2) is 36.4 Å². The van der Waals surface area contributed by atoms with Gasteiger partial charge in [-0.3, -0.25) is 0 Å². The van der Waals surface area contributed by atoms with Gasteiger partial charge < -0.3 is 5.32 Å². The van der Waals surface area contributed by atoms with Crippen LogP contribution in [-0.4, -0.2) is 16.0 Å². The number of rotatable bonds is 4. The molecule has 2 heterocycles. The summed E-state index contributed by atoms with van der Waals surface area (Å²) in [7, 11) is 0. The minimum atomic E-state index is 0.605. The normalized spacial score (nSPS) is 14.5. The van der Waals surface area contributed by atoms with E-state index in [9.17, 15) is 0 Å². The molecule has 0 amide bonds. The third-order valence-electron chi connectivity index (χ3n) is 3.69. The fourth-order valence-electron chi connectivity index (χ4n) is 2.47. The Hall–Kier alpha value is -1.94. The summed E-state index contributed by atoms with van der Waals surface area (Å²) >= 11 is 1.75. The van der Waals surface area contributed by atoms with Crippen LogP contribution >= 0.6 is 11.3 Å². The lowest BCUT2D eigenvalue weighted by Crippen LogP contribution is -2.06. The molecular formula is C17H17N3S. The molecule has 4 rings (SSSR count). The predicted octanol–water partition coefficient (Wildman–Crippen LogP) is 4.16. The minimum absolute atomic E-state index is 0.605. The highest BCUT2D eigenvalue weighted by atomic mass is 32.1. The van der Waals surface area contributed by atoms with Gasteiger partial charge in [0.1, 0.15) is 16.5 Å². The second-order valence-electron chi connectivity index (χ2n) is 5.65. The first-order valence-electron chi connectivity index (χ1n) is 7.35. The Kier molecular flexibility index (Phi) is 3.11. The van der Waals surface area contributed by atoms with Crippen LogP contribution in [-0.2, 0) is 6.42 Å². The van der Waals surface area contributed by atoms with Gasteiger partial charge in [0.15, 0.2) is 0 Å². The third-order valence-corrected chi connectivity index (χ3v) is 4.63. The Morgan fingerprint density at radius 3 is 2.76 bits per heavy atom. The standard InChI is InChI=1S/C17H17N3S/c1-11-9-14-16(18-13-7-8-13)19-15(20-17(14)21-11)10-12-5-3-2-4-6-12/h2-6,9,13H,7-8,10H2,1H3,(H,18,19,20). The number of aromatic nitrogens is 2. The highest BCUT2D eigenvalue weighted by molar-refractivity contribution is 7.18. The van der Waals surface area contributed by atoms with Crippen molar-refractivity contribution in [3.63, 3.8) is 0 Å². The molecule has 1 saturated carbocycles. The van der Waals surface area contributed by atoms with Crippen molar-refractivity contribution in [1.29, 1.82) is 0 Å². The molecule has 1 aromatic carbocycles. The van der Waals surface area contributed by atoms with Crippen LogP contribution in [0.3, 0.4) is 0 Å². The molecule has 1 N–H and O–H groups in total. The van der Waals surface area contributed by atoms with E-state index < -0.39 is 0 Å². The van der Waals surface area contributed by atoms with Crippen molar-refractivity contribution in [3.05, 3.63) is 52.7 Å². The number of aryl methyl sites for hydroxylation is 1. The Bertz CT molecular complexity index is 775. The Balaban J connectivity index is 1.74. The van der Waals surface area contributed by atoms with Crippen LogP contribution < -0.4 is 5.32 Å². The van der Waals surface area contributed by atoms with Crippen LogP contribution in [0.5, 0.6) is 0 Å². The summed E-state index contributed by atoms with van der Waals surface area (Å²) < 4.78 is 0. The lowest BCUT2D eigenvalue weighted by Gasteiger charge is -2.08. The van der Waals surface area contributed by atoms with Gasteiger partial charge in [-0.05, 0) is 31.4 Å². The van der Waals surface area contributed by atoms with Crippen molar-refractivity contribution in [2.45, 2.75) is 32.2 Å². The predicted molar refractivity (Wildman–Crippen MR) is 88.0 cm³/mol. The number of fused-ring (bicyclic) bond motifs is 1. The van der Waals surface area contributed by atoms with Gasteiger partial charge in [0, 0.05) is 17.3 Å². The Morgan fingerprint density at radius 1 is 1.19 bits per heavy atom. The molecular weight excluding hydrogens is 278 g/mol. The number of thiophene rings is 1. The summed E-state index contributed by atoms with van der Waals surface area (Å²) in [5.41, 5.74) is 1.25. The molecule has 0 aliphatic heterocycles. The fourth-order valence-corrected chi connectivity index (χ4v) is 3.37. The molecule has 4 heteroatoms. The number of hydrogen-bond acceptors (Lipinski definition) is 4. The lowest BCUT2D eigenvalue weighted by molar-refractivity contribution is 0.984. The third kappa shape index (κ3) is 2.76. The van der Waals surface area contributed by atoms with Crippen molar-refractivity contribution < 1.29 is 0 Å². The summed E-state index contributed by atoms with van der Waals surface area (Å²) in [6.07, 6.45) is 3.29. The van der Waals surface area contributed by atoms with Crippen LogP contribution in [0.2, 0.25) is 0 Å². The maximum atomic E-state index is 4.77. The van der Waals surface area contributed by atoms with Crippen molar-refractivity contribution in [1.82, 2.24) is 9.97 Å². The molecule has 0 radical (unpaired) electrons. The van der Waals surface area contributed by atoms with Crippen LogP contribution in [0.1, 0.15) is 29.1 Å². The topological polar surface area (TPSA) is 37.8 Å². The van der Waals surface area contributed by atoms with Gasteiger partial charge in [0.05, 0.1) is 5.39 Å². The highest BCUT2D eigenvalue weighted by Crippen LogP contribution is 2.32. The molecule has 3 nitrogen and oxygen atoms in total. The monoisotopic (exact) mass is 295 g/mol. The number of hydrogen-bond donors (Lipinski definition) is 1. The van der Waals surface area contributed by atoms with Gasteiger partial charge in [-0.15, -0.1) is 11.3 Å². The van der Waals surface area contributed by atoms with Crippen molar-refractivity contribution in [3.8, 4) is 0 Å². The molecule has 1 aliphatic carbocycles. The van der Waals surface area contributed by atoms with Gasteiger partial charge in [-0.1, -0.05) is 30.3 Å². The van der Waals surface area contributed by atoms with E-state index in [-0.39, 0.29) is 0 Å². The number of nitrogens with zero attached hydrogens (tertiary/aromatic N) is 2. The average molecular weight is 295 g/mol.